The average molecular weight is 333 g/mol. The molecule has 1 amide bonds. The fourth-order valence-corrected chi connectivity index (χ4v) is 2.40. The lowest BCUT2D eigenvalue weighted by molar-refractivity contribution is 0.0299. The Labute approximate surface area is 139 Å². The number of amides is 1. The first-order chi connectivity index (χ1) is 11.2. The van der Waals surface area contributed by atoms with Gasteiger partial charge in [0.15, 0.2) is 0 Å². The molecule has 1 aromatic heterocycles. The summed E-state index contributed by atoms with van der Waals surface area (Å²) in [5, 5.41) is 3.82. The Balaban J connectivity index is 1.64. The van der Waals surface area contributed by atoms with Crippen LogP contribution in [0.5, 0.6) is 0 Å². The number of nitrogens with zero attached hydrogens (tertiary/aromatic N) is 3. The van der Waals surface area contributed by atoms with Crippen LogP contribution >= 0.6 is 11.6 Å². The molecule has 7 heteroatoms. The summed E-state index contributed by atoms with van der Waals surface area (Å²) in [6.07, 6.45) is 1.59. The number of aromatic nitrogens is 2. The van der Waals surface area contributed by atoms with Gasteiger partial charge < -0.3 is 15.0 Å². The molecule has 0 radical (unpaired) electrons. The molecule has 1 aliphatic heterocycles. The van der Waals surface area contributed by atoms with E-state index in [1.807, 2.05) is 24.3 Å². The predicted molar refractivity (Wildman–Crippen MR) is 87.5 cm³/mol. The van der Waals surface area contributed by atoms with Crippen LogP contribution in [0.25, 0.3) is 0 Å². The largest absolute Gasteiger partial charge is 0.378 e. The Morgan fingerprint density at radius 1 is 1.22 bits per heavy atom. The van der Waals surface area contributed by atoms with Gasteiger partial charge in [0.25, 0.3) is 5.91 Å². The summed E-state index contributed by atoms with van der Waals surface area (Å²) < 4.78 is 5.26. The summed E-state index contributed by atoms with van der Waals surface area (Å²) in [4.78, 5) is 22.6. The van der Waals surface area contributed by atoms with E-state index in [1.165, 1.54) is 0 Å². The third kappa shape index (κ3) is 4.18. The quantitative estimate of drug-likeness (QED) is 0.929. The van der Waals surface area contributed by atoms with Gasteiger partial charge in [-0.3, -0.25) is 4.79 Å². The van der Waals surface area contributed by atoms with E-state index in [0.717, 1.165) is 5.56 Å². The highest BCUT2D eigenvalue weighted by molar-refractivity contribution is 6.30. The number of rotatable bonds is 4. The van der Waals surface area contributed by atoms with Crippen molar-refractivity contribution in [3.8, 4) is 0 Å². The van der Waals surface area contributed by atoms with E-state index in [4.69, 9.17) is 16.3 Å². The molecule has 0 spiro atoms. The molecule has 0 unspecified atom stereocenters. The highest BCUT2D eigenvalue weighted by atomic mass is 35.5. The number of morpholine rings is 1. The van der Waals surface area contributed by atoms with E-state index < -0.39 is 0 Å². The van der Waals surface area contributed by atoms with Gasteiger partial charge in [0.2, 0.25) is 5.95 Å². The van der Waals surface area contributed by atoms with Crippen molar-refractivity contribution in [2.75, 3.05) is 31.6 Å². The van der Waals surface area contributed by atoms with Gasteiger partial charge in [-0.15, -0.1) is 0 Å². The van der Waals surface area contributed by atoms with Crippen molar-refractivity contribution in [2.45, 2.75) is 6.54 Å². The van der Waals surface area contributed by atoms with Crippen LogP contribution in [-0.4, -0.2) is 47.1 Å². The van der Waals surface area contributed by atoms with Gasteiger partial charge in [0.1, 0.15) is 5.69 Å². The van der Waals surface area contributed by atoms with Crippen LogP contribution in [0, 0.1) is 0 Å². The summed E-state index contributed by atoms with van der Waals surface area (Å²) in [6.45, 7) is 2.89. The number of halogens is 1. The standard InChI is InChI=1S/C16H17ClN4O2/c17-13-3-1-12(2-4-13)11-19-16-18-6-5-14(20-16)15(22)21-7-9-23-10-8-21/h1-6H,7-11H2,(H,18,19,20). The Kier molecular flexibility index (Phi) is 5.05. The Morgan fingerprint density at radius 2 is 1.96 bits per heavy atom. The summed E-state index contributed by atoms with van der Waals surface area (Å²) in [5.41, 5.74) is 1.45. The van der Waals surface area contributed by atoms with Crippen LogP contribution < -0.4 is 5.32 Å². The number of benzene rings is 1. The van der Waals surface area contributed by atoms with Crippen LogP contribution in [0.3, 0.4) is 0 Å². The maximum atomic E-state index is 12.4. The lowest BCUT2D eigenvalue weighted by Crippen LogP contribution is -2.41. The molecule has 1 aromatic carbocycles. The normalized spacial score (nSPS) is 14.6. The molecular weight excluding hydrogens is 316 g/mol. The van der Waals surface area contributed by atoms with Crippen molar-refractivity contribution in [3.63, 3.8) is 0 Å². The molecule has 2 heterocycles. The topological polar surface area (TPSA) is 67.4 Å². The first kappa shape index (κ1) is 15.7. The molecule has 0 aliphatic carbocycles. The summed E-state index contributed by atoms with van der Waals surface area (Å²) in [6, 6.07) is 9.15. The first-order valence-corrected chi connectivity index (χ1v) is 7.78. The number of anilines is 1. The molecule has 2 aromatic rings. The first-order valence-electron chi connectivity index (χ1n) is 7.41. The number of hydrogen-bond donors (Lipinski definition) is 1. The molecule has 1 aliphatic rings. The second-order valence-corrected chi connectivity index (χ2v) is 5.59. The maximum absolute atomic E-state index is 12.4. The zero-order valence-corrected chi connectivity index (χ0v) is 13.3. The van der Waals surface area contributed by atoms with Crippen LogP contribution in [0.15, 0.2) is 36.5 Å². The molecule has 1 N–H and O–H groups in total. The monoisotopic (exact) mass is 332 g/mol. The van der Waals surface area contributed by atoms with Crippen LogP contribution in [0.2, 0.25) is 5.02 Å². The van der Waals surface area contributed by atoms with E-state index in [9.17, 15) is 4.79 Å². The van der Waals surface area contributed by atoms with Crippen molar-refractivity contribution < 1.29 is 9.53 Å². The van der Waals surface area contributed by atoms with E-state index in [2.05, 4.69) is 15.3 Å². The second kappa shape index (κ2) is 7.39. The molecule has 1 fully saturated rings. The summed E-state index contributed by atoms with van der Waals surface area (Å²) in [7, 11) is 0. The van der Waals surface area contributed by atoms with Gasteiger partial charge >= 0.3 is 0 Å². The number of hydrogen-bond acceptors (Lipinski definition) is 5. The van der Waals surface area contributed by atoms with Crippen molar-refractivity contribution in [1.29, 1.82) is 0 Å². The number of carbonyl (C=O) groups is 1. The van der Waals surface area contributed by atoms with Crippen molar-refractivity contribution in [1.82, 2.24) is 14.9 Å². The Morgan fingerprint density at radius 3 is 2.70 bits per heavy atom. The van der Waals surface area contributed by atoms with Gasteiger partial charge in [-0.25, -0.2) is 9.97 Å². The van der Waals surface area contributed by atoms with Crippen LogP contribution in [0.4, 0.5) is 5.95 Å². The minimum atomic E-state index is -0.0924. The second-order valence-electron chi connectivity index (χ2n) is 5.15. The predicted octanol–water partition coefficient (Wildman–Crippen LogP) is 2.21. The van der Waals surface area contributed by atoms with Gasteiger partial charge in [-0.05, 0) is 23.8 Å². The smallest absolute Gasteiger partial charge is 0.272 e. The van der Waals surface area contributed by atoms with Crippen molar-refractivity contribution in [3.05, 3.63) is 52.8 Å². The zero-order chi connectivity index (χ0) is 16.1. The van der Waals surface area contributed by atoms with Gasteiger partial charge in [-0.1, -0.05) is 23.7 Å². The fraction of sp³-hybridized carbons (Fsp3) is 0.312. The summed E-state index contributed by atoms with van der Waals surface area (Å²) in [5.74, 6) is 0.337. The van der Waals surface area contributed by atoms with Crippen LogP contribution in [-0.2, 0) is 11.3 Å². The Bertz CT molecular complexity index is 672. The Hall–Kier alpha value is -2.18. The minimum absolute atomic E-state index is 0.0924. The van der Waals surface area contributed by atoms with Crippen molar-refractivity contribution in [2.24, 2.45) is 0 Å². The number of carbonyl (C=O) groups excluding carboxylic acids is 1. The number of ether oxygens (including phenoxy) is 1. The average Bonchev–Trinajstić information content (AvgIpc) is 2.61. The molecule has 1 saturated heterocycles. The number of nitrogens with one attached hydrogen (secondary N) is 1. The molecule has 0 saturated carbocycles. The van der Waals surface area contributed by atoms with Crippen molar-refractivity contribution >= 4 is 23.5 Å². The van der Waals surface area contributed by atoms with E-state index in [0.29, 0.717) is 49.5 Å². The van der Waals surface area contributed by atoms with E-state index in [-0.39, 0.29) is 5.91 Å². The van der Waals surface area contributed by atoms with E-state index >= 15 is 0 Å². The highest BCUT2D eigenvalue weighted by Gasteiger charge is 2.19. The highest BCUT2D eigenvalue weighted by Crippen LogP contribution is 2.11. The third-order valence-electron chi connectivity index (χ3n) is 3.54. The molecule has 23 heavy (non-hydrogen) atoms. The van der Waals surface area contributed by atoms with E-state index in [1.54, 1.807) is 17.2 Å². The lowest BCUT2D eigenvalue weighted by atomic mass is 10.2. The van der Waals surface area contributed by atoms with Crippen LogP contribution in [0.1, 0.15) is 16.1 Å². The lowest BCUT2D eigenvalue weighted by Gasteiger charge is -2.26. The maximum Gasteiger partial charge on any atom is 0.272 e. The summed E-state index contributed by atoms with van der Waals surface area (Å²) >= 11 is 5.86. The SMILES string of the molecule is O=C(c1ccnc(NCc2ccc(Cl)cc2)n1)N1CCOCC1. The van der Waals surface area contributed by atoms with Gasteiger partial charge in [-0.2, -0.15) is 0 Å². The molecule has 120 valence electrons. The molecule has 0 bridgehead atoms. The minimum Gasteiger partial charge on any atom is -0.378 e. The molecule has 6 nitrogen and oxygen atoms in total. The third-order valence-corrected chi connectivity index (χ3v) is 3.79. The van der Waals surface area contributed by atoms with Gasteiger partial charge in [0.05, 0.1) is 13.2 Å². The molecular formula is C16H17ClN4O2. The zero-order valence-electron chi connectivity index (χ0n) is 12.5. The molecule has 3 rings (SSSR count). The fourth-order valence-electron chi connectivity index (χ4n) is 2.27. The molecule has 0 atom stereocenters. The van der Waals surface area contributed by atoms with Gasteiger partial charge in [0, 0.05) is 30.9 Å².